The normalized spacial score (nSPS) is 10.8. The van der Waals surface area contributed by atoms with Crippen molar-refractivity contribution in [1.29, 1.82) is 0 Å². The predicted octanol–water partition coefficient (Wildman–Crippen LogP) is 3.40. The molecule has 6 nitrogen and oxygen atoms in total. The SMILES string of the molecule is COc1cccc2c1c(=O)c(C(=O)O)nn2-c1ccc(Cl)c(Cl)c1. The van der Waals surface area contributed by atoms with Crippen molar-refractivity contribution in [2.45, 2.75) is 0 Å². The molecule has 8 heteroatoms. The average molecular weight is 365 g/mol. The van der Waals surface area contributed by atoms with Gasteiger partial charge in [-0.3, -0.25) is 4.79 Å². The Kier molecular flexibility index (Phi) is 4.17. The van der Waals surface area contributed by atoms with Gasteiger partial charge < -0.3 is 9.84 Å². The molecule has 1 N–H and O–H groups in total. The predicted molar refractivity (Wildman–Crippen MR) is 90.9 cm³/mol. The summed E-state index contributed by atoms with van der Waals surface area (Å²) in [7, 11) is 1.40. The summed E-state index contributed by atoms with van der Waals surface area (Å²) in [4.78, 5) is 23.9. The molecular weight excluding hydrogens is 355 g/mol. The number of carbonyl (C=O) groups is 1. The summed E-state index contributed by atoms with van der Waals surface area (Å²) in [6, 6.07) is 9.61. The number of aromatic carboxylic acids is 1. The third-order valence-electron chi connectivity index (χ3n) is 3.44. The summed E-state index contributed by atoms with van der Waals surface area (Å²) in [6.45, 7) is 0. The molecule has 2 aromatic carbocycles. The van der Waals surface area contributed by atoms with Crippen LogP contribution in [0.25, 0.3) is 16.6 Å². The molecule has 1 heterocycles. The minimum Gasteiger partial charge on any atom is -0.496 e. The fourth-order valence-electron chi connectivity index (χ4n) is 2.37. The highest BCUT2D eigenvalue weighted by Crippen LogP contribution is 2.28. The van der Waals surface area contributed by atoms with Gasteiger partial charge >= 0.3 is 5.97 Å². The molecule has 0 fully saturated rings. The number of fused-ring (bicyclic) bond motifs is 1. The number of benzene rings is 2. The van der Waals surface area contributed by atoms with Gasteiger partial charge in [-0.1, -0.05) is 29.3 Å². The van der Waals surface area contributed by atoms with Gasteiger partial charge in [0.1, 0.15) is 5.75 Å². The van der Waals surface area contributed by atoms with Crippen molar-refractivity contribution in [2.75, 3.05) is 7.11 Å². The maximum Gasteiger partial charge on any atom is 0.360 e. The largest absolute Gasteiger partial charge is 0.496 e. The molecule has 0 aliphatic heterocycles. The zero-order valence-corrected chi connectivity index (χ0v) is 13.8. The Morgan fingerprint density at radius 1 is 1.21 bits per heavy atom. The number of nitrogens with zero attached hydrogens (tertiary/aromatic N) is 2. The quantitative estimate of drug-likeness (QED) is 0.769. The third kappa shape index (κ3) is 2.60. The number of halogens is 2. The maximum absolute atomic E-state index is 12.5. The number of methoxy groups -OCH3 is 1. The number of hydrogen-bond acceptors (Lipinski definition) is 4. The lowest BCUT2D eigenvalue weighted by molar-refractivity contribution is 0.0687. The second-order valence-corrected chi connectivity index (χ2v) is 5.66. The van der Waals surface area contributed by atoms with Crippen LogP contribution in [0, 0.1) is 0 Å². The van der Waals surface area contributed by atoms with Crippen molar-refractivity contribution in [2.24, 2.45) is 0 Å². The van der Waals surface area contributed by atoms with Crippen molar-refractivity contribution >= 4 is 40.1 Å². The first-order valence-electron chi connectivity index (χ1n) is 6.73. The van der Waals surface area contributed by atoms with Crippen molar-refractivity contribution in [3.8, 4) is 11.4 Å². The van der Waals surface area contributed by atoms with E-state index in [1.165, 1.54) is 17.9 Å². The van der Waals surface area contributed by atoms with Crippen LogP contribution < -0.4 is 10.2 Å². The third-order valence-corrected chi connectivity index (χ3v) is 4.18. The Labute approximate surface area is 145 Å². The molecule has 0 aliphatic carbocycles. The Balaban J connectivity index is 2.47. The molecule has 24 heavy (non-hydrogen) atoms. The van der Waals surface area contributed by atoms with E-state index in [0.717, 1.165) is 0 Å². The van der Waals surface area contributed by atoms with Gasteiger partial charge in [0, 0.05) is 0 Å². The Morgan fingerprint density at radius 2 is 1.96 bits per heavy atom. The van der Waals surface area contributed by atoms with Gasteiger partial charge in [0.2, 0.25) is 11.1 Å². The minimum absolute atomic E-state index is 0.124. The Bertz CT molecular complexity index is 1030. The highest BCUT2D eigenvalue weighted by Gasteiger charge is 2.20. The number of ether oxygens (including phenoxy) is 1. The highest BCUT2D eigenvalue weighted by molar-refractivity contribution is 6.42. The zero-order valence-electron chi connectivity index (χ0n) is 12.3. The van der Waals surface area contributed by atoms with Crippen molar-refractivity contribution in [3.63, 3.8) is 0 Å². The molecule has 0 amide bonds. The van der Waals surface area contributed by atoms with Crippen molar-refractivity contribution < 1.29 is 14.6 Å². The van der Waals surface area contributed by atoms with Crippen LogP contribution in [0.1, 0.15) is 10.5 Å². The smallest absolute Gasteiger partial charge is 0.360 e. The van der Waals surface area contributed by atoms with E-state index in [1.54, 1.807) is 30.3 Å². The monoisotopic (exact) mass is 364 g/mol. The van der Waals surface area contributed by atoms with E-state index >= 15 is 0 Å². The van der Waals surface area contributed by atoms with Crippen LogP contribution in [0.15, 0.2) is 41.2 Å². The molecule has 0 bridgehead atoms. The molecule has 0 unspecified atom stereocenters. The standard InChI is InChI=1S/C16H10Cl2N2O4/c1-24-12-4-2-3-11-13(12)15(21)14(16(22)23)19-20(11)8-5-6-9(17)10(18)7-8/h2-7H,1H3,(H,22,23). The highest BCUT2D eigenvalue weighted by atomic mass is 35.5. The second kappa shape index (κ2) is 6.14. The van der Waals surface area contributed by atoms with E-state index in [1.807, 2.05) is 0 Å². The summed E-state index contributed by atoms with van der Waals surface area (Å²) in [6.07, 6.45) is 0. The molecule has 3 rings (SSSR count). The Hall–Kier alpha value is -2.57. The average Bonchev–Trinajstić information content (AvgIpc) is 2.57. The summed E-state index contributed by atoms with van der Waals surface area (Å²) in [5, 5.41) is 14.0. The van der Waals surface area contributed by atoms with Gasteiger partial charge in [0.15, 0.2) is 0 Å². The first kappa shape index (κ1) is 16.3. The molecule has 0 atom stereocenters. The molecule has 122 valence electrons. The summed E-state index contributed by atoms with van der Waals surface area (Å²) < 4.78 is 6.52. The van der Waals surface area contributed by atoms with E-state index in [0.29, 0.717) is 16.2 Å². The van der Waals surface area contributed by atoms with E-state index < -0.39 is 17.1 Å². The topological polar surface area (TPSA) is 81.4 Å². The van der Waals surface area contributed by atoms with Crippen LogP contribution in [-0.2, 0) is 0 Å². The number of rotatable bonds is 3. The summed E-state index contributed by atoms with van der Waals surface area (Å²) in [5.41, 5.74) is -0.475. The van der Waals surface area contributed by atoms with E-state index in [9.17, 15) is 14.7 Å². The van der Waals surface area contributed by atoms with Crippen LogP contribution in [0.4, 0.5) is 0 Å². The number of carboxylic acid groups (broad SMARTS) is 1. The van der Waals surface area contributed by atoms with E-state index in [-0.39, 0.29) is 16.2 Å². The number of aromatic nitrogens is 2. The summed E-state index contributed by atoms with van der Waals surface area (Å²) >= 11 is 11.9. The fraction of sp³-hybridized carbons (Fsp3) is 0.0625. The lowest BCUT2D eigenvalue weighted by Crippen LogP contribution is -2.22. The zero-order chi connectivity index (χ0) is 17.4. The van der Waals surface area contributed by atoms with Crippen LogP contribution in [0.5, 0.6) is 5.75 Å². The van der Waals surface area contributed by atoms with Gasteiger partial charge in [0.05, 0.1) is 33.7 Å². The van der Waals surface area contributed by atoms with E-state index in [4.69, 9.17) is 27.9 Å². The first-order valence-corrected chi connectivity index (χ1v) is 7.48. The molecular formula is C16H10Cl2N2O4. The molecule has 0 saturated carbocycles. The Morgan fingerprint density at radius 3 is 2.58 bits per heavy atom. The molecule has 3 aromatic rings. The van der Waals surface area contributed by atoms with Gasteiger partial charge in [0.25, 0.3) is 0 Å². The molecule has 1 aromatic heterocycles. The number of carboxylic acids is 1. The number of hydrogen-bond donors (Lipinski definition) is 1. The molecule has 0 saturated heterocycles. The van der Waals surface area contributed by atoms with Gasteiger partial charge in [-0.2, -0.15) is 5.10 Å². The maximum atomic E-state index is 12.5. The minimum atomic E-state index is -1.43. The van der Waals surface area contributed by atoms with Crippen LogP contribution >= 0.6 is 23.2 Å². The van der Waals surface area contributed by atoms with E-state index in [2.05, 4.69) is 5.10 Å². The second-order valence-electron chi connectivity index (χ2n) is 4.85. The van der Waals surface area contributed by atoms with Gasteiger partial charge in [-0.15, -0.1) is 0 Å². The fourth-order valence-corrected chi connectivity index (χ4v) is 2.66. The first-order chi connectivity index (χ1) is 11.4. The van der Waals surface area contributed by atoms with Crippen molar-refractivity contribution in [3.05, 3.63) is 62.4 Å². The lowest BCUT2D eigenvalue weighted by Gasteiger charge is -2.13. The molecule has 0 spiro atoms. The van der Waals surface area contributed by atoms with Crippen LogP contribution in [-0.4, -0.2) is 28.0 Å². The van der Waals surface area contributed by atoms with Crippen LogP contribution in [0.2, 0.25) is 10.0 Å². The summed E-state index contributed by atoms with van der Waals surface area (Å²) in [5.74, 6) is -1.17. The van der Waals surface area contributed by atoms with Gasteiger partial charge in [-0.25, -0.2) is 9.48 Å². The van der Waals surface area contributed by atoms with Gasteiger partial charge in [-0.05, 0) is 30.3 Å². The molecule has 0 aliphatic rings. The van der Waals surface area contributed by atoms with Crippen LogP contribution in [0.3, 0.4) is 0 Å². The molecule has 0 radical (unpaired) electrons. The van der Waals surface area contributed by atoms with Crippen molar-refractivity contribution in [1.82, 2.24) is 9.78 Å². The lowest BCUT2D eigenvalue weighted by atomic mass is 10.1.